The van der Waals surface area contributed by atoms with Crippen molar-refractivity contribution in [1.29, 1.82) is 0 Å². The van der Waals surface area contributed by atoms with Crippen LogP contribution in [-0.2, 0) is 20.9 Å². The lowest BCUT2D eigenvalue weighted by atomic mass is 10.2. The topological polar surface area (TPSA) is 81.1 Å². The quantitative estimate of drug-likeness (QED) is 0.429. The van der Waals surface area contributed by atoms with Gasteiger partial charge in [0.1, 0.15) is 18.8 Å². The Bertz CT molecular complexity index is 527. The molecule has 0 saturated carbocycles. The highest BCUT2D eigenvalue weighted by Gasteiger charge is 2.15. The van der Waals surface area contributed by atoms with Crippen molar-refractivity contribution in [2.75, 3.05) is 46.5 Å². The van der Waals surface area contributed by atoms with E-state index < -0.39 is 11.8 Å². The number of benzene rings is 1. The zero-order valence-electron chi connectivity index (χ0n) is 14.1. The van der Waals surface area contributed by atoms with Crippen molar-refractivity contribution in [1.82, 2.24) is 10.6 Å². The molecule has 1 aliphatic rings. The van der Waals surface area contributed by atoms with E-state index in [4.69, 9.17) is 9.47 Å². The van der Waals surface area contributed by atoms with E-state index in [9.17, 15) is 9.59 Å². The molecule has 0 aromatic heterocycles. The zero-order valence-corrected chi connectivity index (χ0v) is 14.1. The Morgan fingerprint density at radius 2 is 1.79 bits per heavy atom. The molecule has 0 atom stereocenters. The van der Waals surface area contributed by atoms with Crippen LogP contribution >= 0.6 is 0 Å². The van der Waals surface area contributed by atoms with Crippen molar-refractivity contribution in [2.45, 2.75) is 13.0 Å². The fraction of sp³-hybridized carbons (Fsp3) is 0.529. The average Bonchev–Trinajstić information content (AvgIpc) is 2.64. The predicted molar refractivity (Wildman–Crippen MR) is 88.9 cm³/mol. The first-order valence-electron chi connectivity index (χ1n) is 8.29. The molecule has 132 valence electrons. The fourth-order valence-corrected chi connectivity index (χ4v) is 2.54. The number of carbonyl (C=O) groups is 2. The van der Waals surface area contributed by atoms with Crippen LogP contribution in [-0.4, -0.2) is 58.3 Å². The molecule has 0 spiro atoms. The molecule has 3 N–H and O–H groups in total. The summed E-state index contributed by atoms with van der Waals surface area (Å²) in [6.07, 6.45) is 0.854. The third-order valence-electron chi connectivity index (χ3n) is 4.01. The van der Waals surface area contributed by atoms with Crippen LogP contribution in [0.15, 0.2) is 24.3 Å². The van der Waals surface area contributed by atoms with E-state index in [0.717, 1.165) is 50.6 Å². The van der Waals surface area contributed by atoms with Crippen molar-refractivity contribution < 1.29 is 24.0 Å². The average molecular weight is 336 g/mol. The molecular weight excluding hydrogens is 310 g/mol. The SMILES string of the molecule is COc1ccc(CNC(=O)C(=O)NCCC[NH+]2CCOCC2)cc1. The Balaban J connectivity index is 1.59. The summed E-state index contributed by atoms with van der Waals surface area (Å²) in [4.78, 5) is 25.0. The molecule has 0 radical (unpaired) electrons. The summed E-state index contributed by atoms with van der Waals surface area (Å²) in [5.41, 5.74) is 0.910. The number of methoxy groups -OCH3 is 1. The lowest BCUT2D eigenvalue weighted by Crippen LogP contribution is -3.14. The predicted octanol–water partition coefficient (Wildman–Crippen LogP) is -1.27. The number of nitrogens with one attached hydrogen (secondary N) is 3. The van der Waals surface area contributed by atoms with Crippen molar-refractivity contribution in [3.8, 4) is 5.75 Å². The van der Waals surface area contributed by atoms with Gasteiger partial charge in [-0.25, -0.2) is 0 Å². The van der Waals surface area contributed by atoms with E-state index in [-0.39, 0.29) is 0 Å². The van der Waals surface area contributed by atoms with Gasteiger partial charge in [-0.1, -0.05) is 12.1 Å². The van der Waals surface area contributed by atoms with Gasteiger partial charge >= 0.3 is 11.8 Å². The number of quaternary nitrogens is 1. The van der Waals surface area contributed by atoms with Gasteiger partial charge in [-0.15, -0.1) is 0 Å². The molecule has 2 amide bonds. The standard InChI is InChI=1S/C17H25N3O4/c1-23-15-5-3-14(4-6-15)13-19-17(22)16(21)18-7-2-8-20-9-11-24-12-10-20/h3-6H,2,7-13H2,1H3,(H,18,21)(H,19,22)/p+1. The maximum Gasteiger partial charge on any atom is 0.309 e. The normalized spacial score (nSPS) is 14.9. The van der Waals surface area contributed by atoms with Crippen LogP contribution in [0.5, 0.6) is 5.75 Å². The van der Waals surface area contributed by atoms with Crippen LogP contribution in [0.4, 0.5) is 0 Å². The molecule has 1 fully saturated rings. The fourth-order valence-electron chi connectivity index (χ4n) is 2.54. The van der Waals surface area contributed by atoms with Crippen LogP contribution < -0.4 is 20.3 Å². The van der Waals surface area contributed by atoms with Crippen LogP contribution in [0.2, 0.25) is 0 Å². The third-order valence-corrected chi connectivity index (χ3v) is 4.01. The second kappa shape index (κ2) is 9.89. The van der Waals surface area contributed by atoms with Crippen LogP contribution in [0.25, 0.3) is 0 Å². The highest BCUT2D eigenvalue weighted by atomic mass is 16.5. The minimum Gasteiger partial charge on any atom is -0.497 e. The van der Waals surface area contributed by atoms with Crippen LogP contribution in [0, 0.1) is 0 Å². The Morgan fingerprint density at radius 1 is 1.12 bits per heavy atom. The molecule has 1 aromatic carbocycles. The Hall–Kier alpha value is -2.12. The number of amides is 2. The van der Waals surface area contributed by atoms with Crippen LogP contribution in [0.3, 0.4) is 0 Å². The minimum atomic E-state index is -0.607. The Morgan fingerprint density at radius 3 is 2.46 bits per heavy atom. The van der Waals surface area contributed by atoms with Crippen LogP contribution in [0.1, 0.15) is 12.0 Å². The lowest BCUT2D eigenvalue weighted by Gasteiger charge is -2.23. The Labute approximate surface area is 142 Å². The molecule has 1 heterocycles. The van der Waals surface area contributed by atoms with E-state index >= 15 is 0 Å². The van der Waals surface area contributed by atoms with E-state index in [1.165, 1.54) is 4.90 Å². The molecule has 0 aliphatic carbocycles. The lowest BCUT2D eigenvalue weighted by molar-refractivity contribution is -0.908. The number of ether oxygens (including phenoxy) is 2. The molecule has 24 heavy (non-hydrogen) atoms. The first-order valence-corrected chi connectivity index (χ1v) is 8.29. The van der Waals surface area contributed by atoms with E-state index in [1.807, 2.05) is 24.3 Å². The number of hydrogen-bond acceptors (Lipinski definition) is 4. The highest BCUT2D eigenvalue weighted by Crippen LogP contribution is 2.10. The number of morpholine rings is 1. The molecule has 1 saturated heterocycles. The second-order valence-electron chi connectivity index (χ2n) is 5.75. The van der Waals surface area contributed by atoms with Crippen molar-refractivity contribution in [3.05, 3.63) is 29.8 Å². The number of rotatable bonds is 7. The molecule has 0 bridgehead atoms. The highest BCUT2D eigenvalue weighted by molar-refractivity contribution is 6.35. The molecule has 1 aromatic rings. The maximum atomic E-state index is 11.8. The smallest absolute Gasteiger partial charge is 0.309 e. The molecule has 7 heteroatoms. The van der Waals surface area contributed by atoms with Gasteiger partial charge in [0, 0.05) is 19.5 Å². The monoisotopic (exact) mass is 336 g/mol. The van der Waals surface area contributed by atoms with E-state index in [1.54, 1.807) is 7.11 Å². The van der Waals surface area contributed by atoms with Crippen molar-refractivity contribution in [2.24, 2.45) is 0 Å². The minimum absolute atomic E-state index is 0.314. The van der Waals surface area contributed by atoms with E-state index in [2.05, 4.69) is 10.6 Å². The summed E-state index contributed by atoms with van der Waals surface area (Å²) in [6, 6.07) is 7.33. The van der Waals surface area contributed by atoms with Gasteiger partial charge in [0.25, 0.3) is 0 Å². The van der Waals surface area contributed by atoms with Crippen molar-refractivity contribution in [3.63, 3.8) is 0 Å². The summed E-state index contributed by atoms with van der Waals surface area (Å²) in [7, 11) is 1.60. The maximum absolute atomic E-state index is 11.8. The Kier molecular flexibility index (Phi) is 7.51. The summed E-state index contributed by atoms with van der Waals surface area (Å²) in [5.74, 6) is -0.435. The largest absolute Gasteiger partial charge is 0.497 e. The first kappa shape index (κ1) is 18.2. The molecule has 7 nitrogen and oxygen atoms in total. The summed E-state index contributed by atoms with van der Waals surface area (Å²) in [6.45, 7) is 5.43. The number of carbonyl (C=O) groups excluding carboxylic acids is 2. The summed E-state index contributed by atoms with van der Waals surface area (Å²) in [5, 5.41) is 5.27. The molecule has 0 unspecified atom stereocenters. The van der Waals surface area contributed by atoms with Gasteiger partial charge in [0.15, 0.2) is 0 Å². The summed E-state index contributed by atoms with van der Waals surface area (Å²) < 4.78 is 10.4. The third kappa shape index (κ3) is 6.17. The molecule has 1 aliphatic heterocycles. The molecule has 2 rings (SSSR count). The van der Waals surface area contributed by atoms with Gasteiger partial charge in [0.05, 0.1) is 26.9 Å². The molecular formula is C17H26N3O4+. The van der Waals surface area contributed by atoms with Gasteiger partial charge in [-0.3, -0.25) is 9.59 Å². The van der Waals surface area contributed by atoms with E-state index in [0.29, 0.717) is 13.1 Å². The van der Waals surface area contributed by atoms with Gasteiger partial charge in [-0.2, -0.15) is 0 Å². The zero-order chi connectivity index (χ0) is 17.2. The second-order valence-corrected chi connectivity index (χ2v) is 5.75. The van der Waals surface area contributed by atoms with Gasteiger partial charge in [0.2, 0.25) is 0 Å². The number of hydrogen-bond donors (Lipinski definition) is 3. The first-order chi connectivity index (χ1) is 11.7. The summed E-state index contributed by atoms with van der Waals surface area (Å²) >= 11 is 0. The van der Waals surface area contributed by atoms with Crippen molar-refractivity contribution >= 4 is 11.8 Å². The van der Waals surface area contributed by atoms with Gasteiger partial charge in [-0.05, 0) is 17.7 Å². The van der Waals surface area contributed by atoms with Gasteiger partial charge < -0.3 is 25.0 Å².